The van der Waals surface area contributed by atoms with Crippen LogP contribution in [0, 0.1) is 5.92 Å². The normalized spacial score (nSPS) is 13.0. The maximum absolute atomic E-state index is 12.1. The first kappa shape index (κ1) is 17.3. The number of nitrogens with one attached hydrogen (secondary N) is 1. The molecule has 0 saturated carbocycles. The molecule has 7 heteroatoms. The highest BCUT2D eigenvalue weighted by molar-refractivity contribution is 7.92. The highest BCUT2D eigenvalue weighted by Gasteiger charge is 2.28. The van der Waals surface area contributed by atoms with Crippen molar-refractivity contribution in [2.75, 3.05) is 23.9 Å². The molecule has 6 nitrogen and oxygen atoms in total. The Morgan fingerprint density at radius 3 is 2.43 bits per heavy atom. The standard InChI is InChI=1S/C14H22N2O4S/c1-9(2)8-21(18,19)10(3)14(17)16-13-6-5-11(20-4)7-12(13)15/h5-7,9-10H,8,15H2,1-4H3,(H,16,17). The summed E-state index contributed by atoms with van der Waals surface area (Å²) in [5.74, 6) is -0.0885. The van der Waals surface area contributed by atoms with E-state index in [1.54, 1.807) is 32.0 Å². The Morgan fingerprint density at radius 2 is 1.95 bits per heavy atom. The third-order valence-electron chi connectivity index (χ3n) is 2.99. The predicted molar refractivity (Wildman–Crippen MR) is 84.1 cm³/mol. The molecule has 1 rings (SSSR count). The number of nitrogens with two attached hydrogens (primary N) is 1. The third-order valence-corrected chi connectivity index (χ3v) is 5.41. The fourth-order valence-electron chi connectivity index (χ4n) is 1.79. The van der Waals surface area contributed by atoms with Gasteiger partial charge in [-0.15, -0.1) is 0 Å². The highest BCUT2D eigenvalue weighted by Crippen LogP contribution is 2.24. The summed E-state index contributed by atoms with van der Waals surface area (Å²) < 4.78 is 29.1. The van der Waals surface area contributed by atoms with Gasteiger partial charge in [-0.1, -0.05) is 13.8 Å². The van der Waals surface area contributed by atoms with Crippen molar-refractivity contribution in [3.63, 3.8) is 0 Å². The number of amides is 1. The molecule has 1 unspecified atom stereocenters. The van der Waals surface area contributed by atoms with Crippen molar-refractivity contribution in [3.05, 3.63) is 18.2 Å². The number of methoxy groups -OCH3 is 1. The lowest BCUT2D eigenvalue weighted by Gasteiger charge is -2.16. The molecule has 0 saturated heterocycles. The molecule has 0 aliphatic carbocycles. The number of nitrogen functional groups attached to an aromatic ring is 1. The lowest BCUT2D eigenvalue weighted by molar-refractivity contribution is -0.115. The van der Waals surface area contributed by atoms with Crippen LogP contribution in [0.4, 0.5) is 11.4 Å². The van der Waals surface area contributed by atoms with Gasteiger partial charge in [-0.2, -0.15) is 0 Å². The Hall–Kier alpha value is -1.76. The van der Waals surface area contributed by atoms with Crippen LogP contribution in [0.15, 0.2) is 18.2 Å². The molecule has 21 heavy (non-hydrogen) atoms. The van der Waals surface area contributed by atoms with Crippen molar-refractivity contribution >= 4 is 27.1 Å². The van der Waals surface area contributed by atoms with E-state index in [1.807, 2.05) is 0 Å². The average Bonchev–Trinajstić information content (AvgIpc) is 2.38. The molecule has 1 atom stereocenters. The second-order valence-electron chi connectivity index (χ2n) is 5.31. The van der Waals surface area contributed by atoms with Crippen molar-refractivity contribution in [2.24, 2.45) is 5.92 Å². The van der Waals surface area contributed by atoms with Crippen LogP contribution in [0.1, 0.15) is 20.8 Å². The number of hydrogen-bond acceptors (Lipinski definition) is 5. The number of carbonyl (C=O) groups excluding carboxylic acids is 1. The van der Waals surface area contributed by atoms with E-state index in [-0.39, 0.29) is 11.7 Å². The van der Waals surface area contributed by atoms with Gasteiger partial charge >= 0.3 is 0 Å². The van der Waals surface area contributed by atoms with Gasteiger partial charge in [0.05, 0.1) is 24.2 Å². The number of ether oxygens (including phenoxy) is 1. The van der Waals surface area contributed by atoms with Gasteiger partial charge in [0.1, 0.15) is 11.0 Å². The van der Waals surface area contributed by atoms with Crippen LogP contribution in [0.5, 0.6) is 5.75 Å². The first-order valence-electron chi connectivity index (χ1n) is 6.63. The summed E-state index contributed by atoms with van der Waals surface area (Å²) >= 11 is 0. The number of carbonyl (C=O) groups is 1. The van der Waals surface area contributed by atoms with Crippen molar-refractivity contribution in [1.29, 1.82) is 0 Å². The zero-order valence-corrected chi connectivity index (χ0v) is 13.5. The predicted octanol–water partition coefficient (Wildman–Crippen LogP) is 1.68. The molecular formula is C14H22N2O4S. The summed E-state index contributed by atoms with van der Waals surface area (Å²) in [6, 6.07) is 4.77. The molecular weight excluding hydrogens is 292 g/mol. The maximum atomic E-state index is 12.1. The van der Waals surface area contributed by atoms with Crippen molar-refractivity contribution in [1.82, 2.24) is 0 Å². The van der Waals surface area contributed by atoms with E-state index in [0.717, 1.165) is 0 Å². The van der Waals surface area contributed by atoms with E-state index in [4.69, 9.17) is 10.5 Å². The summed E-state index contributed by atoms with van der Waals surface area (Å²) in [5, 5.41) is 1.42. The van der Waals surface area contributed by atoms with E-state index in [0.29, 0.717) is 17.1 Å². The Labute approximate surface area is 125 Å². The van der Waals surface area contributed by atoms with Gasteiger partial charge in [-0.05, 0) is 25.0 Å². The number of rotatable bonds is 6. The van der Waals surface area contributed by atoms with Crippen LogP contribution in [-0.2, 0) is 14.6 Å². The van der Waals surface area contributed by atoms with Gasteiger partial charge in [0, 0.05) is 6.07 Å². The van der Waals surface area contributed by atoms with Crippen LogP contribution in [-0.4, -0.2) is 32.4 Å². The summed E-state index contributed by atoms with van der Waals surface area (Å²) in [6.45, 7) is 4.97. The molecule has 0 radical (unpaired) electrons. The monoisotopic (exact) mass is 314 g/mol. The van der Waals surface area contributed by atoms with E-state index in [9.17, 15) is 13.2 Å². The fourth-order valence-corrected chi connectivity index (χ4v) is 3.39. The quantitative estimate of drug-likeness (QED) is 0.778. The Balaban J connectivity index is 2.86. The largest absolute Gasteiger partial charge is 0.497 e. The van der Waals surface area contributed by atoms with E-state index >= 15 is 0 Å². The smallest absolute Gasteiger partial charge is 0.242 e. The van der Waals surface area contributed by atoms with Gasteiger partial charge in [0.2, 0.25) is 5.91 Å². The van der Waals surface area contributed by atoms with Gasteiger partial charge < -0.3 is 15.8 Å². The zero-order chi connectivity index (χ0) is 16.2. The first-order chi connectivity index (χ1) is 9.67. The fraction of sp³-hybridized carbons (Fsp3) is 0.500. The van der Waals surface area contributed by atoms with Crippen LogP contribution >= 0.6 is 0 Å². The number of anilines is 2. The summed E-state index contributed by atoms with van der Waals surface area (Å²) in [4.78, 5) is 12.1. The van der Waals surface area contributed by atoms with Crippen molar-refractivity contribution in [2.45, 2.75) is 26.0 Å². The lowest BCUT2D eigenvalue weighted by Crippen LogP contribution is -2.35. The minimum atomic E-state index is -3.48. The molecule has 3 N–H and O–H groups in total. The van der Waals surface area contributed by atoms with Crippen LogP contribution in [0.2, 0.25) is 0 Å². The van der Waals surface area contributed by atoms with Gasteiger partial charge in [0.15, 0.2) is 9.84 Å². The minimum Gasteiger partial charge on any atom is -0.497 e. The van der Waals surface area contributed by atoms with E-state index in [1.165, 1.54) is 14.0 Å². The minimum absolute atomic E-state index is 0.0281. The molecule has 1 amide bonds. The third kappa shape index (κ3) is 4.63. The molecule has 0 heterocycles. The molecule has 0 fully saturated rings. The number of hydrogen-bond donors (Lipinski definition) is 2. The lowest BCUT2D eigenvalue weighted by atomic mass is 10.2. The molecule has 0 aliphatic heterocycles. The van der Waals surface area contributed by atoms with Crippen LogP contribution in [0.3, 0.4) is 0 Å². The second-order valence-corrected chi connectivity index (χ2v) is 7.67. The SMILES string of the molecule is COc1ccc(NC(=O)C(C)S(=O)(=O)CC(C)C)c(N)c1. The molecule has 0 spiro atoms. The van der Waals surface area contributed by atoms with E-state index in [2.05, 4.69) is 5.32 Å². The van der Waals surface area contributed by atoms with Crippen LogP contribution in [0.25, 0.3) is 0 Å². The molecule has 1 aromatic carbocycles. The molecule has 0 aromatic heterocycles. The Kier molecular flexibility index (Phi) is 5.60. The van der Waals surface area contributed by atoms with Crippen molar-refractivity contribution in [3.8, 4) is 5.75 Å². The maximum Gasteiger partial charge on any atom is 0.242 e. The highest BCUT2D eigenvalue weighted by atomic mass is 32.2. The Morgan fingerprint density at radius 1 is 1.33 bits per heavy atom. The summed E-state index contributed by atoms with van der Waals surface area (Å²) in [7, 11) is -1.97. The first-order valence-corrected chi connectivity index (χ1v) is 8.35. The van der Waals surface area contributed by atoms with Gasteiger partial charge in [-0.25, -0.2) is 8.42 Å². The van der Waals surface area contributed by atoms with Crippen LogP contribution < -0.4 is 15.8 Å². The molecule has 0 bridgehead atoms. The second kappa shape index (κ2) is 6.80. The Bertz CT molecular complexity index is 611. The zero-order valence-electron chi connectivity index (χ0n) is 12.7. The summed E-state index contributed by atoms with van der Waals surface area (Å²) in [5.41, 5.74) is 6.47. The van der Waals surface area contributed by atoms with E-state index < -0.39 is 21.0 Å². The summed E-state index contributed by atoms with van der Waals surface area (Å²) in [6.07, 6.45) is 0. The number of benzene rings is 1. The average molecular weight is 314 g/mol. The van der Waals surface area contributed by atoms with Gasteiger partial charge in [-0.3, -0.25) is 4.79 Å². The molecule has 118 valence electrons. The topological polar surface area (TPSA) is 98.5 Å². The molecule has 1 aromatic rings. The number of sulfone groups is 1. The molecule has 0 aliphatic rings. The van der Waals surface area contributed by atoms with Gasteiger partial charge in [0.25, 0.3) is 0 Å². The van der Waals surface area contributed by atoms with Crippen molar-refractivity contribution < 1.29 is 17.9 Å².